The molecule has 1 aliphatic rings. The second kappa shape index (κ2) is 5.00. The monoisotopic (exact) mass is 276 g/mol. The molecule has 1 aliphatic heterocycles. The normalized spacial score (nSPS) is 20.3. The van der Waals surface area contributed by atoms with Crippen molar-refractivity contribution in [1.29, 1.82) is 0 Å². The number of hydrogen-bond acceptors (Lipinski definition) is 8. The van der Waals surface area contributed by atoms with Crippen LogP contribution in [0.15, 0.2) is 12.7 Å². The molecule has 0 radical (unpaired) electrons. The molecule has 2 aromatic rings. The third kappa shape index (κ3) is 2.39. The van der Waals surface area contributed by atoms with Crippen LogP contribution in [0.2, 0.25) is 0 Å². The maximum Gasteiger partial charge on any atom is 0.258 e. The average Bonchev–Trinajstić information content (AvgIpc) is 3.10. The van der Waals surface area contributed by atoms with E-state index in [-0.39, 0.29) is 18.0 Å². The van der Waals surface area contributed by atoms with Crippen LogP contribution >= 0.6 is 0 Å². The maximum absolute atomic E-state index is 9.65. The van der Waals surface area contributed by atoms with Crippen molar-refractivity contribution >= 4 is 11.9 Å². The van der Waals surface area contributed by atoms with Crippen LogP contribution in [0.3, 0.4) is 0 Å². The molecule has 3 N–H and O–H groups in total. The molecule has 2 atom stereocenters. The predicted molar refractivity (Wildman–Crippen MR) is 71.2 cm³/mol. The van der Waals surface area contributed by atoms with Crippen LogP contribution in [0.5, 0.6) is 0 Å². The highest BCUT2D eigenvalue weighted by atomic mass is 16.3. The van der Waals surface area contributed by atoms with Gasteiger partial charge >= 0.3 is 0 Å². The number of nitrogens with two attached hydrogens (primary N) is 1. The Kier molecular flexibility index (Phi) is 3.18. The number of nitrogen functional groups attached to an aromatic ring is 1. The molecule has 0 spiro atoms. The van der Waals surface area contributed by atoms with E-state index in [4.69, 9.17) is 5.73 Å². The van der Waals surface area contributed by atoms with E-state index in [1.165, 1.54) is 17.3 Å². The lowest BCUT2D eigenvalue weighted by atomic mass is 10.0. The lowest BCUT2D eigenvalue weighted by Gasteiger charge is -2.17. The summed E-state index contributed by atoms with van der Waals surface area (Å²) in [6, 6.07) is 0. The van der Waals surface area contributed by atoms with E-state index in [0.29, 0.717) is 18.4 Å². The molecule has 0 aliphatic carbocycles. The van der Waals surface area contributed by atoms with Gasteiger partial charge in [-0.15, -0.1) is 0 Å². The average molecular weight is 276 g/mol. The molecule has 20 heavy (non-hydrogen) atoms. The quantitative estimate of drug-likeness (QED) is 0.751. The summed E-state index contributed by atoms with van der Waals surface area (Å²) in [6.07, 6.45) is 3.47. The Labute approximate surface area is 115 Å². The fourth-order valence-electron chi connectivity index (χ4n) is 2.29. The van der Waals surface area contributed by atoms with Gasteiger partial charge < -0.3 is 15.7 Å². The Balaban J connectivity index is 1.87. The maximum atomic E-state index is 9.65. The molecule has 0 aromatic carbocycles. The first-order chi connectivity index (χ1) is 9.63. The fraction of sp³-hybridized carbons (Fsp3) is 0.545. The molecule has 0 bridgehead atoms. The molecule has 1 fully saturated rings. The number of nitrogens with zero attached hydrogens (tertiary/aromatic N) is 7. The van der Waals surface area contributed by atoms with Crippen LogP contribution in [0.25, 0.3) is 5.95 Å². The first-order valence-electron chi connectivity index (χ1n) is 6.43. The molecule has 3 heterocycles. The Morgan fingerprint density at radius 3 is 2.80 bits per heavy atom. The number of hydrogen-bond donors (Lipinski definition) is 2. The minimum absolute atomic E-state index is 0.140. The number of rotatable bonds is 3. The van der Waals surface area contributed by atoms with Gasteiger partial charge in [-0.2, -0.15) is 24.7 Å². The Morgan fingerprint density at radius 2 is 2.15 bits per heavy atom. The summed E-state index contributed by atoms with van der Waals surface area (Å²) < 4.78 is 1.43. The number of aromatic nitrogens is 6. The van der Waals surface area contributed by atoms with Crippen LogP contribution in [0, 0.1) is 5.92 Å². The standard InChI is InChI=1S/C11H16N8O/c1-7(20)8-2-3-18(4-8)10-15-9(12)16-11(17-10)19-6-13-5-14-19/h5-8,20H,2-4H2,1H3,(H2,12,15,16,17). The summed E-state index contributed by atoms with van der Waals surface area (Å²) in [5, 5.41) is 13.6. The van der Waals surface area contributed by atoms with E-state index in [0.717, 1.165) is 13.0 Å². The van der Waals surface area contributed by atoms with E-state index in [9.17, 15) is 5.11 Å². The van der Waals surface area contributed by atoms with Crippen molar-refractivity contribution in [2.24, 2.45) is 5.92 Å². The summed E-state index contributed by atoms with van der Waals surface area (Å²) in [5.41, 5.74) is 5.73. The Bertz CT molecular complexity index is 584. The van der Waals surface area contributed by atoms with Crippen LogP contribution in [0.1, 0.15) is 13.3 Å². The number of anilines is 2. The smallest absolute Gasteiger partial charge is 0.258 e. The van der Waals surface area contributed by atoms with E-state index in [1.54, 1.807) is 6.92 Å². The van der Waals surface area contributed by atoms with Gasteiger partial charge in [0.15, 0.2) is 0 Å². The second-order valence-electron chi connectivity index (χ2n) is 4.87. The molecule has 9 nitrogen and oxygen atoms in total. The minimum atomic E-state index is -0.339. The molecule has 9 heteroatoms. The molecular weight excluding hydrogens is 260 g/mol. The number of aliphatic hydroxyl groups excluding tert-OH is 1. The van der Waals surface area contributed by atoms with Crippen molar-refractivity contribution in [3.8, 4) is 5.95 Å². The van der Waals surface area contributed by atoms with Gasteiger partial charge in [-0.25, -0.2) is 4.98 Å². The van der Waals surface area contributed by atoms with Crippen LogP contribution in [-0.4, -0.2) is 54.0 Å². The Hall–Kier alpha value is -2.29. The van der Waals surface area contributed by atoms with Crippen molar-refractivity contribution in [1.82, 2.24) is 29.7 Å². The van der Waals surface area contributed by atoms with Crippen molar-refractivity contribution < 1.29 is 5.11 Å². The van der Waals surface area contributed by atoms with E-state index >= 15 is 0 Å². The van der Waals surface area contributed by atoms with Gasteiger partial charge in [-0.1, -0.05) is 0 Å². The van der Waals surface area contributed by atoms with Gasteiger partial charge in [-0.3, -0.25) is 0 Å². The molecular formula is C11H16N8O. The topological polar surface area (TPSA) is 119 Å². The number of aliphatic hydroxyl groups is 1. The molecule has 0 saturated carbocycles. The second-order valence-corrected chi connectivity index (χ2v) is 4.87. The third-order valence-electron chi connectivity index (χ3n) is 3.44. The zero-order valence-electron chi connectivity index (χ0n) is 11.1. The highest BCUT2D eigenvalue weighted by Gasteiger charge is 2.28. The SMILES string of the molecule is CC(O)C1CCN(c2nc(N)nc(-n3cncn3)n2)C1. The highest BCUT2D eigenvalue weighted by Crippen LogP contribution is 2.23. The van der Waals surface area contributed by atoms with Crippen LogP contribution in [0.4, 0.5) is 11.9 Å². The van der Waals surface area contributed by atoms with E-state index < -0.39 is 0 Å². The first-order valence-corrected chi connectivity index (χ1v) is 6.43. The van der Waals surface area contributed by atoms with Gasteiger partial charge in [0.2, 0.25) is 11.9 Å². The molecule has 1 saturated heterocycles. The summed E-state index contributed by atoms with van der Waals surface area (Å²) in [4.78, 5) is 18.4. The van der Waals surface area contributed by atoms with Crippen molar-refractivity contribution in [3.05, 3.63) is 12.7 Å². The Morgan fingerprint density at radius 1 is 1.35 bits per heavy atom. The van der Waals surface area contributed by atoms with Gasteiger partial charge in [-0.05, 0) is 13.3 Å². The van der Waals surface area contributed by atoms with Crippen LogP contribution in [-0.2, 0) is 0 Å². The first kappa shape index (κ1) is 12.7. The molecule has 106 valence electrons. The van der Waals surface area contributed by atoms with Crippen LogP contribution < -0.4 is 10.6 Å². The van der Waals surface area contributed by atoms with Crippen molar-refractivity contribution in [2.45, 2.75) is 19.4 Å². The van der Waals surface area contributed by atoms with Gasteiger partial charge in [0.25, 0.3) is 5.95 Å². The third-order valence-corrected chi connectivity index (χ3v) is 3.44. The lowest BCUT2D eigenvalue weighted by Crippen LogP contribution is -2.26. The lowest BCUT2D eigenvalue weighted by molar-refractivity contribution is 0.136. The summed E-state index contributed by atoms with van der Waals surface area (Å²) >= 11 is 0. The largest absolute Gasteiger partial charge is 0.393 e. The molecule has 0 amide bonds. The van der Waals surface area contributed by atoms with Gasteiger partial charge in [0.05, 0.1) is 6.10 Å². The zero-order chi connectivity index (χ0) is 14.1. The van der Waals surface area contributed by atoms with E-state index in [2.05, 4.69) is 25.0 Å². The van der Waals surface area contributed by atoms with Crippen molar-refractivity contribution in [2.75, 3.05) is 23.7 Å². The van der Waals surface area contributed by atoms with Crippen molar-refractivity contribution in [3.63, 3.8) is 0 Å². The molecule has 2 unspecified atom stereocenters. The summed E-state index contributed by atoms with van der Waals surface area (Å²) in [6.45, 7) is 3.30. The fourth-order valence-corrected chi connectivity index (χ4v) is 2.29. The minimum Gasteiger partial charge on any atom is -0.393 e. The summed E-state index contributed by atoms with van der Waals surface area (Å²) in [7, 11) is 0. The molecule has 2 aromatic heterocycles. The summed E-state index contributed by atoms with van der Waals surface area (Å²) in [5.74, 6) is 1.21. The van der Waals surface area contributed by atoms with E-state index in [1.807, 2.05) is 4.90 Å². The predicted octanol–water partition coefficient (Wildman–Crippen LogP) is -0.758. The molecule has 3 rings (SSSR count). The highest BCUT2D eigenvalue weighted by molar-refractivity contribution is 5.38. The van der Waals surface area contributed by atoms with Gasteiger partial charge in [0.1, 0.15) is 12.7 Å². The van der Waals surface area contributed by atoms with Gasteiger partial charge in [0, 0.05) is 19.0 Å². The zero-order valence-corrected chi connectivity index (χ0v) is 11.1.